The first kappa shape index (κ1) is 11.9. The largest absolute Gasteiger partial charge is 0.197 e. The molecule has 0 N–H and O–H groups in total. The Kier molecular flexibility index (Phi) is 3.64. The lowest BCUT2D eigenvalue weighted by atomic mass is 9.66. The van der Waals surface area contributed by atoms with Gasteiger partial charge in [0.2, 0.25) is 0 Å². The third-order valence-electron chi connectivity index (χ3n) is 4.01. The normalized spacial score (nSPS) is 20.2. The molecular weight excluding hydrogens is 206 g/mol. The molecule has 88 valence electrons. The lowest BCUT2D eigenvalue weighted by Crippen LogP contribution is -2.33. The zero-order valence-corrected chi connectivity index (χ0v) is 10.2. The fraction of sp³-hybridized carbons (Fsp3) is 0.438. The maximum absolute atomic E-state index is 9.66. The highest BCUT2D eigenvalue weighted by molar-refractivity contribution is 5.39. The van der Waals surface area contributed by atoms with Crippen LogP contribution in [0.2, 0.25) is 0 Å². The second kappa shape index (κ2) is 5.19. The summed E-state index contributed by atoms with van der Waals surface area (Å²) in [5, 5.41) is 9.66. The summed E-state index contributed by atoms with van der Waals surface area (Å²) in [6.07, 6.45) is 7.95. The van der Waals surface area contributed by atoms with Crippen LogP contribution >= 0.6 is 0 Å². The van der Waals surface area contributed by atoms with E-state index in [2.05, 4.69) is 24.8 Å². The number of hydrogen-bond acceptors (Lipinski definition) is 1. The average molecular weight is 225 g/mol. The minimum atomic E-state index is -0.484. The van der Waals surface area contributed by atoms with Gasteiger partial charge in [-0.15, -0.1) is 6.58 Å². The summed E-state index contributed by atoms with van der Waals surface area (Å²) in [4.78, 5) is 0. The van der Waals surface area contributed by atoms with Gasteiger partial charge in [0.05, 0.1) is 6.07 Å². The van der Waals surface area contributed by atoms with Gasteiger partial charge in [0.15, 0.2) is 0 Å². The van der Waals surface area contributed by atoms with Gasteiger partial charge in [0.1, 0.15) is 5.41 Å². The molecule has 0 aromatic heterocycles. The van der Waals surface area contributed by atoms with Gasteiger partial charge >= 0.3 is 0 Å². The van der Waals surface area contributed by atoms with Crippen molar-refractivity contribution in [2.75, 3.05) is 0 Å². The molecule has 17 heavy (non-hydrogen) atoms. The molecule has 0 radical (unpaired) electrons. The maximum atomic E-state index is 9.66. The summed E-state index contributed by atoms with van der Waals surface area (Å²) in [5.74, 6) is 0.432. The van der Waals surface area contributed by atoms with Gasteiger partial charge < -0.3 is 0 Å². The van der Waals surface area contributed by atoms with Crippen LogP contribution in [0.15, 0.2) is 43.0 Å². The SMILES string of the molecule is C=CC(C#N)(c1ccccc1)C1CCCCC1. The van der Waals surface area contributed by atoms with E-state index in [1.807, 2.05) is 24.3 Å². The third kappa shape index (κ3) is 2.13. The van der Waals surface area contributed by atoms with Gasteiger partial charge in [-0.1, -0.05) is 55.7 Å². The highest BCUT2D eigenvalue weighted by atomic mass is 14.4. The quantitative estimate of drug-likeness (QED) is 0.707. The van der Waals surface area contributed by atoms with Crippen molar-refractivity contribution in [3.63, 3.8) is 0 Å². The van der Waals surface area contributed by atoms with Crippen LogP contribution in [-0.4, -0.2) is 0 Å². The number of rotatable bonds is 3. The van der Waals surface area contributed by atoms with E-state index in [0.29, 0.717) is 5.92 Å². The van der Waals surface area contributed by atoms with Crippen LogP contribution in [-0.2, 0) is 5.41 Å². The smallest absolute Gasteiger partial charge is 0.103 e. The second-order valence-corrected chi connectivity index (χ2v) is 4.89. The van der Waals surface area contributed by atoms with Crippen LogP contribution in [0.5, 0.6) is 0 Å². The van der Waals surface area contributed by atoms with E-state index in [4.69, 9.17) is 0 Å². The van der Waals surface area contributed by atoms with Gasteiger partial charge in [-0.25, -0.2) is 0 Å². The van der Waals surface area contributed by atoms with E-state index in [1.165, 1.54) is 19.3 Å². The summed E-state index contributed by atoms with van der Waals surface area (Å²) in [6, 6.07) is 12.7. The van der Waals surface area contributed by atoms with E-state index in [-0.39, 0.29) is 0 Å². The second-order valence-electron chi connectivity index (χ2n) is 4.89. The monoisotopic (exact) mass is 225 g/mol. The summed E-state index contributed by atoms with van der Waals surface area (Å²) >= 11 is 0. The molecule has 1 atom stereocenters. The number of benzene rings is 1. The van der Waals surface area contributed by atoms with Crippen molar-refractivity contribution in [3.8, 4) is 6.07 Å². The zero-order valence-electron chi connectivity index (χ0n) is 10.2. The fourth-order valence-corrected chi connectivity index (χ4v) is 2.99. The molecule has 2 rings (SSSR count). The zero-order chi connectivity index (χ0) is 12.1. The summed E-state index contributed by atoms with van der Waals surface area (Å²) < 4.78 is 0. The molecule has 0 heterocycles. The van der Waals surface area contributed by atoms with Gasteiger partial charge in [-0.2, -0.15) is 5.26 Å². The Morgan fingerprint density at radius 1 is 1.18 bits per heavy atom. The van der Waals surface area contributed by atoms with Crippen molar-refractivity contribution < 1.29 is 0 Å². The molecule has 1 aromatic rings. The number of nitrogens with zero attached hydrogens (tertiary/aromatic N) is 1. The van der Waals surface area contributed by atoms with Crippen molar-refractivity contribution in [2.45, 2.75) is 37.5 Å². The maximum Gasteiger partial charge on any atom is 0.103 e. The van der Waals surface area contributed by atoms with Crippen molar-refractivity contribution in [2.24, 2.45) is 5.92 Å². The summed E-state index contributed by atoms with van der Waals surface area (Å²) in [5.41, 5.74) is 0.617. The van der Waals surface area contributed by atoms with E-state index in [1.54, 1.807) is 0 Å². The Labute approximate surface area is 104 Å². The van der Waals surface area contributed by atoms with Crippen molar-refractivity contribution in [1.82, 2.24) is 0 Å². The Hall–Kier alpha value is -1.55. The summed E-state index contributed by atoms with van der Waals surface area (Å²) in [6.45, 7) is 3.93. The predicted molar refractivity (Wildman–Crippen MR) is 70.5 cm³/mol. The molecule has 1 unspecified atom stereocenters. The highest BCUT2D eigenvalue weighted by Gasteiger charge is 2.38. The molecular formula is C16H19N. The minimum Gasteiger partial charge on any atom is -0.197 e. The average Bonchev–Trinajstić information content (AvgIpc) is 2.43. The van der Waals surface area contributed by atoms with Gasteiger partial charge in [-0.05, 0) is 24.3 Å². The standard InChI is InChI=1S/C16H19N/c1-2-16(13-17,14-9-5-3-6-10-14)15-11-7-4-8-12-15/h2-3,5-6,9-10,15H,1,4,7-8,11-12H2. The molecule has 0 spiro atoms. The van der Waals surface area contributed by atoms with Crippen LogP contribution in [0.1, 0.15) is 37.7 Å². The van der Waals surface area contributed by atoms with Crippen LogP contribution in [0, 0.1) is 17.2 Å². The van der Waals surface area contributed by atoms with E-state index in [9.17, 15) is 5.26 Å². The Balaban J connectivity index is 2.39. The van der Waals surface area contributed by atoms with Crippen LogP contribution in [0.4, 0.5) is 0 Å². The molecule has 0 aliphatic heterocycles. The topological polar surface area (TPSA) is 23.8 Å². The third-order valence-corrected chi connectivity index (χ3v) is 4.01. The highest BCUT2D eigenvalue weighted by Crippen LogP contribution is 2.41. The molecule has 1 aliphatic rings. The Morgan fingerprint density at radius 2 is 1.82 bits per heavy atom. The fourth-order valence-electron chi connectivity index (χ4n) is 2.99. The van der Waals surface area contributed by atoms with Crippen molar-refractivity contribution >= 4 is 0 Å². The van der Waals surface area contributed by atoms with E-state index >= 15 is 0 Å². The predicted octanol–water partition coefficient (Wildman–Crippen LogP) is 4.21. The minimum absolute atomic E-state index is 0.432. The molecule has 1 heteroatoms. The lowest BCUT2D eigenvalue weighted by Gasteiger charge is -2.35. The molecule has 1 aliphatic carbocycles. The van der Waals surface area contributed by atoms with Crippen molar-refractivity contribution in [1.29, 1.82) is 5.26 Å². The van der Waals surface area contributed by atoms with Crippen LogP contribution in [0.3, 0.4) is 0 Å². The van der Waals surface area contributed by atoms with Gasteiger partial charge in [0, 0.05) is 0 Å². The molecule has 1 aromatic carbocycles. The van der Waals surface area contributed by atoms with E-state index < -0.39 is 5.41 Å². The number of hydrogen-bond donors (Lipinski definition) is 0. The Bertz CT molecular complexity index is 409. The first-order valence-corrected chi connectivity index (χ1v) is 6.44. The number of nitriles is 1. The Morgan fingerprint density at radius 3 is 2.35 bits per heavy atom. The van der Waals surface area contributed by atoms with E-state index in [0.717, 1.165) is 18.4 Å². The summed E-state index contributed by atoms with van der Waals surface area (Å²) in [7, 11) is 0. The van der Waals surface area contributed by atoms with Crippen LogP contribution in [0.25, 0.3) is 0 Å². The van der Waals surface area contributed by atoms with Crippen LogP contribution < -0.4 is 0 Å². The van der Waals surface area contributed by atoms with Crippen molar-refractivity contribution in [3.05, 3.63) is 48.6 Å². The first-order valence-electron chi connectivity index (χ1n) is 6.44. The van der Waals surface area contributed by atoms with Gasteiger partial charge in [0.25, 0.3) is 0 Å². The molecule has 0 amide bonds. The number of allylic oxidation sites excluding steroid dienone is 1. The molecule has 1 saturated carbocycles. The molecule has 0 saturated heterocycles. The molecule has 1 nitrogen and oxygen atoms in total. The lowest BCUT2D eigenvalue weighted by molar-refractivity contribution is 0.289. The van der Waals surface area contributed by atoms with Gasteiger partial charge in [-0.3, -0.25) is 0 Å². The first-order chi connectivity index (χ1) is 8.33. The molecule has 1 fully saturated rings. The molecule has 0 bridgehead atoms.